The van der Waals surface area contributed by atoms with Crippen LogP contribution in [0, 0.1) is 23.7 Å². The van der Waals surface area contributed by atoms with Crippen molar-refractivity contribution in [3.05, 3.63) is 0 Å². The Bertz CT molecular complexity index is 216. The Hall–Kier alpha value is -0.530. The van der Waals surface area contributed by atoms with Crippen LogP contribution in [0.5, 0.6) is 0 Å². The number of rotatable bonds is 3. The highest BCUT2D eigenvalue weighted by molar-refractivity contribution is 5.82. The van der Waals surface area contributed by atoms with E-state index < -0.39 is 0 Å². The summed E-state index contributed by atoms with van der Waals surface area (Å²) in [7, 11) is 1.94. The van der Waals surface area contributed by atoms with E-state index in [-0.39, 0.29) is 0 Å². The zero-order valence-corrected chi connectivity index (χ0v) is 10.2. The van der Waals surface area contributed by atoms with Gasteiger partial charge in [-0.2, -0.15) is 0 Å². The first kappa shape index (κ1) is 11.5. The lowest BCUT2D eigenvalue weighted by Gasteiger charge is -2.28. The molecule has 0 radical (unpaired) electrons. The van der Waals surface area contributed by atoms with Crippen molar-refractivity contribution in [1.29, 1.82) is 0 Å². The summed E-state index contributed by atoms with van der Waals surface area (Å²) in [5.41, 5.74) is 0. The SMILES string of the molecule is CC1C(C)C1C(=O)N(C)[C@@H](C)C(C)C. The molecule has 1 fully saturated rings. The third-order valence-corrected chi connectivity index (χ3v) is 4.03. The van der Waals surface area contributed by atoms with Crippen molar-refractivity contribution in [2.24, 2.45) is 23.7 Å². The van der Waals surface area contributed by atoms with Gasteiger partial charge >= 0.3 is 0 Å². The predicted octanol–water partition coefficient (Wildman–Crippen LogP) is 2.39. The fourth-order valence-electron chi connectivity index (χ4n) is 2.00. The highest BCUT2D eigenvalue weighted by atomic mass is 16.2. The van der Waals surface area contributed by atoms with Crippen LogP contribution in [-0.4, -0.2) is 23.9 Å². The van der Waals surface area contributed by atoms with Crippen LogP contribution in [0.25, 0.3) is 0 Å². The Morgan fingerprint density at radius 1 is 1.14 bits per heavy atom. The smallest absolute Gasteiger partial charge is 0.226 e. The van der Waals surface area contributed by atoms with E-state index in [1.807, 2.05) is 11.9 Å². The molecule has 3 atom stereocenters. The highest BCUT2D eigenvalue weighted by Crippen LogP contribution is 2.46. The number of hydrogen-bond donors (Lipinski definition) is 0. The van der Waals surface area contributed by atoms with Crippen LogP contribution in [0.3, 0.4) is 0 Å². The second kappa shape index (κ2) is 3.92. The fraction of sp³-hybridized carbons (Fsp3) is 0.917. The van der Waals surface area contributed by atoms with Gasteiger partial charge in [0, 0.05) is 19.0 Å². The van der Waals surface area contributed by atoms with E-state index in [4.69, 9.17) is 0 Å². The summed E-state index contributed by atoms with van der Waals surface area (Å²) in [6, 6.07) is 0.350. The molecule has 0 aromatic carbocycles. The van der Waals surface area contributed by atoms with Crippen LogP contribution in [0.2, 0.25) is 0 Å². The molecule has 0 bridgehead atoms. The molecule has 0 saturated heterocycles. The molecule has 0 heterocycles. The van der Waals surface area contributed by atoms with Crippen LogP contribution >= 0.6 is 0 Å². The van der Waals surface area contributed by atoms with Crippen molar-refractivity contribution in [2.45, 2.75) is 40.7 Å². The molecular formula is C12H23NO. The maximum Gasteiger partial charge on any atom is 0.226 e. The molecule has 1 amide bonds. The van der Waals surface area contributed by atoms with Gasteiger partial charge in [0.15, 0.2) is 0 Å². The van der Waals surface area contributed by atoms with Crippen molar-refractivity contribution in [2.75, 3.05) is 7.05 Å². The third-order valence-electron chi connectivity index (χ3n) is 4.03. The van der Waals surface area contributed by atoms with Crippen molar-refractivity contribution < 1.29 is 4.79 Å². The van der Waals surface area contributed by atoms with E-state index in [2.05, 4.69) is 34.6 Å². The van der Waals surface area contributed by atoms with Crippen LogP contribution in [-0.2, 0) is 4.79 Å². The summed E-state index contributed by atoms with van der Waals surface area (Å²) in [5, 5.41) is 0. The minimum absolute atomic E-state index is 0.293. The highest BCUT2D eigenvalue weighted by Gasteiger charge is 2.49. The molecule has 1 aliphatic rings. The van der Waals surface area contributed by atoms with Gasteiger partial charge in [-0.05, 0) is 24.7 Å². The number of carbonyl (C=O) groups excluding carboxylic acids is 1. The van der Waals surface area contributed by atoms with Crippen molar-refractivity contribution in [3.8, 4) is 0 Å². The molecule has 0 N–H and O–H groups in total. The van der Waals surface area contributed by atoms with Crippen LogP contribution < -0.4 is 0 Å². The molecule has 82 valence electrons. The van der Waals surface area contributed by atoms with Gasteiger partial charge in [0.25, 0.3) is 0 Å². The van der Waals surface area contributed by atoms with E-state index in [0.29, 0.717) is 35.6 Å². The first-order valence-electron chi connectivity index (χ1n) is 5.64. The van der Waals surface area contributed by atoms with Crippen molar-refractivity contribution in [1.82, 2.24) is 4.90 Å². The Balaban J connectivity index is 2.54. The van der Waals surface area contributed by atoms with E-state index >= 15 is 0 Å². The topological polar surface area (TPSA) is 20.3 Å². The van der Waals surface area contributed by atoms with Gasteiger partial charge in [-0.25, -0.2) is 0 Å². The summed E-state index contributed by atoms with van der Waals surface area (Å²) in [6.07, 6.45) is 0. The average molecular weight is 197 g/mol. The number of amides is 1. The quantitative estimate of drug-likeness (QED) is 0.680. The lowest BCUT2D eigenvalue weighted by atomic mass is 10.0. The summed E-state index contributed by atoms with van der Waals surface area (Å²) in [5.74, 6) is 2.34. The van der Waals surface area contributed by atoms with Gasteiger partial charge in [0.1, 0.15) is 0 Å². The van der Waals surface area contributed by atoms with Gasteiger partial charge < -0.3 is 4.90 Å². The lowest BCUT2D eigenvalue weighted by molar-refractivity contribution is -0.134. The van der Waals surface area contributed by atoms with Gasteiger partial charge in [-0.1, -0.05) is 27.7 Å². The van der Waals surface area contributed by atoms with Gasteiger partial charge in [-0.3, -0.25) is 4.79 Å². The Labute approximate surface area is 87.7 Å². The number of hydrogen-bond acceptors (Lipinski definition) is 1. The number of nitrogens with zero attached hydrogens (tertiary/aromatic N) is 1. The molecule has 0 aromatic rings. The number of carbonyl (C=O) groups is 1. The van der Waals surface area contributed by atoms with Gasteiger partial charge in [0.05, 0.1) is 0 Å². The molecule has 0 spiro atoms. The third kappa shape index (κ3) is 1.94. The molecule has 1 saturated carbocycles. The fourth-order valence-corrected chi connectivity index (χ4v) is 2.00. The van der Waals surface area contributed by atoms with E-state index in [1.54, 1.807) is 0 Å². The summed E-state index contributed by atoms with van der Waals surface area (Å²) in [4.78, 5) is 13.9. The zero-order valence-electron chi connectivity index (χ0n) is 10.2. The molecule has 2 unspecified atom stereocenters. The van der Waals surface area contributed by atoms with Crippen molar-refractivity contribution in [3.63, 3.8) is 0 Å². The summed E-state index contributed by atoms with van der Waals surface area (Å²) < 4.78 is 0. The molecular weight excluding hydrogens is 174 g/mol. The standard InChI is InChI=1S/C12H23NO/c1-7(2)10(5)13(6)12(14)11-8(3)9(11)4/h7-11H,1-6H3/t8?,9?,10-,11?/m0/s1. The molecule has 0 aliphatic heterocycles. The molecule has 1 rings (SSSR count). The molecule has 2 heteroatoms. The summed E-state index contributed by atoms with van der Waals surface area (Å²) >= 11 is 0. The largest absolute Gasteiger partial charge is 0.343 e. The van der Waals surface area contributed by atoms with Crippen LogP contribution in [0.4, 0.5) is 0 Å². The first-order valence-corrected chi connectivity index (χ1v) is 5.64. The van der Waals surface area contributed by atoms with Gasteiger partial charge in [0.2, 0.25) is 5.91 Å². The Kier molecular flexibility index (Phi) is 3.23. The Morgan fingerprint density at radius 2 is 1.57 bits per heavy atom. The van der Waals surface area contributed by atoms with Gasteiger partial charge in [-0.15, -0.1) is 0 Å². The minimum Gasteiger partial charge on any atom is -0.343 e. The minimum atomic E-state index is 0.293. The average Bonchev–Trinajstić information content (AvgIpc) is 2.71. The first-order chi connectivity index (χ1) is 6.37. The molecule has 14 heavy (non-hydrogen) atoms. The monoisotopic (exact) mass is 197 g/mol. The Morgan fingerprint density at radius 3 is 1.86 bits per heavy atom. The molecule has 2 nitrogen and oxygen atoms in total. The summed E-state index contributed by atoms with van der Waals surface area (Å²) in [6.45, 7) is 10.8. The molecule has 0 aromatic heterocycles. The molecule has 1 aliphatic carbocycles. The maximum absolute atomic E-state index is 12.0. The van der Waals surface area contributed by atoms with E-state index in [9.17, 15) is 4.79 Å². The normalized spacial score (nSPS) is 32.9. The second-order valence-corrected chi connectivity index (χ2v) is 5.18. The van der Waals surface area contributed by atoms with Crippen molar-refractivity contribution >= 4 is 5.91 Å². The zero-order chi connectivity index (χ0) is 11.0. The van der Waals surface area contributed by atoms with E-state index in [1.165, 1.54) is 0 Å². The second-order valence-electron chi connectivity index (χ2n) is 5.18. The van der Waals surface area contributed by atoms with Crippen LogP contribution in [0.1, 0.15) is 34.6 Å². The lowest BCUT2D eigenvalue weighted by Crippen LogP contribution is -2.39. The van der Waals surface area contributed by atoms with E-state index in [0.717, 1.165) is 0 Å². The predicted molar refractivity (Wildman–Crippen MR) is 58.9 cm³/mol. The maximum atomic E-state index is 12.0. The van der Waals surface area contributed by atoms with Crippen LogP contribution in [0.15, 0.2) is 0 Å².